The fourth-order valence-electron chi connectivity index (χ4n) is 2.40. The second kappa shape index (κ2) is 4.08. The molecular formula is C11H19N. The first-order valence-electron chi connectivity index (χ1n) is 5.36. The van der Waals surface area contributed by atoms with E-state index < -0.39 is 0 Å². The molecule has 1 heterocycles. The maximum Gasteiger partial charge on any atom is 0.00169 e. The van der Waals surface area contributed by atoms with Crippen LogP contribution >= 0.6 is 0 Å². The minimum atomic E-state index is 0.888. The maximum atomic E-state index is 3.49. The third-order valence-electron chi connectivity index (χ3n) is 3.15. The number of hydrogen-bond donors (Lipinski definition) is 1. The van der Waals surface area contributed by atoms with Crippen LogP contribution < -0.4 is 5.32 Å². The van der Waals surface area contributed by atoms with Gasteiger partial charge in [0.1, 0.15) is 0 Å². The van der Waals surface area contributed by atoms with E-state index in [1.807, 2.05) is 0 Å². The molecule has 1 aliphatic carbocycles. The maximum absolute atomic E-state index is 3.49. The first-order valence-corrected chi connectivity index (χ1v) is 5.36. The SMILES string of the molecule is C1=C(C2CCCNC2)CCCC1. The molecular weight excluding hydrogens is 146 g/mol. The van der Waals surface area contributed by atoms with Crippen LogP contribution in [0, 0.1) is 5.92 Å². The summed E-state index contributed by atoms with van der Waals surface area (Å²) < 4.78 is 0. The van der Waals surface area contributed by atoms with E-state index in [0.717, 1.165) is 5.92 Å². The molecule has 1 fully saturated rings. The van der Waals surface area contributed by atoms with Crippen LogP contribution in [0.5, 0.6) is 0 Å². The largest absolute Gasteiger partial charge is 0.316 e. The minimum Gasteiger partial charge on any atom is -0.316 e. The zero-order chi connectivity index (χ0) is 8.23. The molecule has 1 atom stereocenters. The smallest absolute Gasteiger partial charge is 0.00169 e. The lowest BCUT2D eigenvalue weighted by molar-refractivity contribution is 0.405. The number of allylic oxidation sites excluding steroid dienone is 1. The second-order valence-electron chi connectivity index (χ2n) is 4.07. The third kappa shape index (κ3) is 1.89. The Balaban J connectivity index is 1.92. The molecule has 0 saturated carbocycles. The molecule has 12 heavy (non-hydrogen) atoms. The van der Waals surface area contributed by atoms with Gasteiger partial charge in [-0.25, -0.2) is 0 Å². The van der Waals surface area contributed by atoms with E-state index in [-0.39, 0.29) is 0 Å². The predicted molar refractivity (Wildman–Crippen MR) is 52.1 cm³/mol. The summed E-state index contributed by atoms with van der Waals surface area (Å²) in [6.45, 7) is 2.48. The molecule has 0 aromatic carbocycles. The average Bonchev–Trinajstić information content (AvgIpc) is 2.21. The van der Waals surface area contributed by atoms with Gasteiger partial charge in [-0.1, -0.05) is 11.6 Å². The van der Waals surface area contributed by atoms with Gasteiger partial charge in [-0.2, -0.15) is 0 Å². The van der Waals surface area contributed by atoms with Gasteiger partial charge in [0.05, 0.1) is 0 Å². The molecule has 0 spiro atoms. The van der Waals surface area contributed by atoms with Crippen LogP contribution in [0.25, 0.3) is 0 Å². The lowest BCUT2D eigenvalue weighted by Gasteiger charge is -2.27. The zero-order valence-corrected chi connectivity index (χ0v) is 7.81. The molecule has 2 aliphatic rings. The highest BCUT2D eigenvalue weighted by atomic mass is 14.9. The van der Waals surface area contributed by atoms with Gasteiger partial charge < -0.3 is 5.32 Å². The average molecular weight is 165 g/mol. The molecule has 0 amide bonds. The van der Waals surface area contributed by atoms with E-state index in [2.05, 4.69) is 11.4 Å². The summed E-state index contributed by atoms with van der Waals surface area (Å²) in [6.07, 6.45) is 10.9. The third-order valence-corrected chi connectivity index (χ3v) is 3.15. The van der Waals surface area contributed by atoms with Crippen LogP contribution in [0.15, 0.2) is 11.6 Å². The van der Waals surface area contributed by atoms with E-state index in [9.17, 15) is 0 Å². The van der Waals surface area contributed by atoms with Crippen molar-refractivity contribution in [1.82, 2.24) is 5.32 Å². The normalized spacial score (nSPS) is 31.3. The van der Waals surface area contributed by atoms with Crippen LogP contribution in [0.1, 0.15) is 38.5 Å². The van der Waals surface area contributed by atoms with Crippen LogP contribution in [0.4, 0.5) is 0 Å². The Morgan fingerprint density at radius 3 is 2.92 bits per heavy atom. The van der Waals surface area contributed by atoms with Gasteiger partial charge in [0.15, 0.2) is 0 Å². The topological polar surface area (TPSA) is 12.0 Å². The van der Waals surface area contributed by atoms with E-state index in [1.165, 1.54) is 51.6 Å². The standard InChI is InChI=1S/C11H19N/c1-2-5-10(6-3-1)11-7-4-8-12-9-11/h5,11-12H,1-4,6-9H2. The number of hydrogen-bond acceptors (Lipinski definition) is 1. The number of piperidine rings is 1. The van der Waals surface area contributed by atoms with Crippen LogP contribution in [0.3, 0.4) is 0 Å². The Bertz CT molecular complexity index is 166. The van der Waals surface area contributed by atoms with Crippen molar-refractivity contribution in [2.75, 3.05) is 13.1 Å². The predicted octanol–water partition coefficient (Wildman–Crippen LogP) is 2.49. The van der Waals surface area contributed by atoms with Crippen LogP contribution in [0.2, 0.25) is 0 Å². The summed E-state index contributed by atoms with van der Waals surface area (Å²) in [6, 6.07) is 0. The van der Waals surface area contributed by atoms with Crippen LogP contribution in [-0.2, 0) is 0 Å². The van der Waals surface area contributed by atoms with Crippen LogP contribution in [-0.4, -0.2) is 13.1 Å². The van der Waals surface area contributed by atoms with Crippen molar-refractivity contribution in [2.45, 2.75) is 38.5 Å². The van der Waals surface area contributed by atoms with E-state index in [4.69, 9.17) is 0 Å². The highest BCUT2D eigenvalue weighted by Crippen LogP contribution is 2.27. The Morgan fingerprint density at radius 2 is 2.25 bits per heavy atom. The zero-order valence-electron chi connectivity index (χ0n) is 7.81. The van der Waals surface area contributed by atoms with Gasteiger partial charge in [0.25, 0.3) is 0 Å². The molecule has 1 nitrogen and oxygen atoms in total. The Morgan fingerprint density at radius 1 is 1.25 bits per heavy atom. The number of nitrogens with one attached hydrogen (secondary N) is 1. The molecule has 1 saturated heterocycles. The number of rotatable bonds is 1. The molecule has 2 rings (SSSR count). The second-order valence-corrected chi connectivity index (χ2v) is 4.07. The summed E-state index contributed by atoms with van der Waals surface area (Å²) in [5.41, 5.74) is 1.76. The van der Waals surface area contributed by atoms with Crippen molar-refractivity contribution >= 4 is 0 Å². The monoisotopic (exact) mass is 165 g/mol. The molecule has 0 bridgehead atoms. The first kappa shape index (κ1) is 8.31. The van der Waals surface area contributed by atoms with Gasteiger partial charge >= 0.3 is 0 Å². The van der Waals surface area contributed by atoms with Gasteiger partial charge in [0, 0.05) is 6.54 Å². The first-order chi connectivity index (χ1) is 5.97. The quantitative estimate of drug-likeness (QED) is 0.589. The van der Waals surface area contributed by atoms with Crippen molar-refractivity contribution in [1.29, 1.82) is 0 Å². The van der Waals surface area contributed by atoms with E-state index in [1.54, 1.807) is 5.57 Å². The summed E-state index contributed by atoms with van der Waals surface area (Å²) in [4.78, 5) is 0. The molecule has 68 valence electrons. The van der Waals surface area contributed by atoms with Gasteiger partial charge in [-0.3, -0.25) is 0 Å². The lowest BCUT2D eigenvalue weighted by Crippen LogP contribution is -2.31. The highest BCUT2D eigenvalue weighted by Gasteiger charge is 2.17. The fourth-order valence-corrected chi connectivity index (χ4v) is 2.40. The van der Waals surface area contributed by atoms with Gasteiger partial charge in [0.2, 0.25) is 0 Å². The van der Waals surface area contributed by atoms with E-state index in [0.29, 0.717) is 0 Å². The Labute approximate surface area is 75.2 Å². The van der Waals surface area contributed by atoms with Crippen molar-refractivity contribution in [3.8, 4) is 0 Å². The molecule has 0 aromatic heterocycles. The summed E-state index contributed by atoms with van der Waals surface area (Å²) in [5, 5.41) is 3.49. The minimum absolute atomic E-state index is 0.888. The Kier molecular flexibility index (Phi) is 2.83. The molecule has 1 N–H and O–H groups in total. The molecule has 1 aliphatic heterocycles. The molecule has 1 heteroatoms. The van der Waals surface area contributed by atoms with Gasteiger partial charge in [-0.05, 0) is 51.0 Å². The fraction of sp³-hybridized carbons (Fsp3) is 0.818. The Hall–Kier alpha value is -0.300. The van der Waals surface area contributed by atoms with Gasteiger partial charge in [-0.15, -0.1) is 0 Å². The molecule has 0 aromatic rings. The van der Waals surface area contributed by atoms with Crippen molar-refractivity contribution in [2.24, 2.45) is 5.92 Å². The van der Waals surface area contributed by atoms with E-state index >= 15 is 0 Å². The summed E-state index contributed by atoms with van der Waals surface area (Å²) in [5.74, 6) is 0.888. The lowest BCUT2D eigenvalue weighted by atomic mass is 9.85. The van der Waals surface area contributed by atoms with Crippen molar-refractivity contribution in [3.63, 3.8) is 0 Å². The highest BCUT2D eigenvalue weighted by molar-refractivity contribution is 5.10. The summed E-state index contributed by atoms with van der Waals surface area (Å²) in [7, 11) is 0. The van der Waals surface area contributed by atoms with Crippen molar-refractivity contribution < 1.29 is 0 Å². The molecule has 0 radical (unpaired) electrons. The van der Waals surface area contributed by atoms with Crippen molar-refractivity contribution in [3.05, 3.63) is 11.6 Å². The molecule has 1 unspecified atom stereocenters. The summed E-state index contributed by atoms with van der Waals surface area (Å²) >= 11 is 0.